The number of H-pyrrole nitrogens is 1. The van der Waals surface area contributed by atoms with Crippen molar-refractivity contribution in [3.05, 3.63) is 35.6 Å². The minimum absolute atomic E-state index is 0.627. The summed E-state index contributed by atoms with van der Waals surface area (Å²) >= 11 is 4.86. The van der Waals surface area contributed by atoms with Crippen molar-refractivity contribution in [2.75, 3.05) is 0 Å². The van der Waals surface area contributed by atoms with Gasteiger partial charge in [0.15, 0.2) is 0 Å². The van der Waals surface area contributed by atoms with E-state index in [1.807, 2.05) is 6.07 Å². The fourth-order valence-corrected chi connectivity index (χ4v) is 1.02. The zero-order valence-corrected chi connectivity index (χ0v) is 6.97. The second-order valence-corrected chi connectivity index (χ2v) is 2.75. The lowest BCUT2D eigenvalue weighted by Crippen LogP contribution is -1.82. The monoisotopic (exact) mass is 178 g/mol. The normalized spacial score (nSPS) is 10.0. The van der Waals surface area contributed by atoms with E-state index in [0.717, 1.165) is 11.3 Å². The van der Waals surface area contributed by atoms with Gasteiger partial charge in [-0.05, 0) is 6.07 Å². The Morgan fingerprint density at radius 3 is 3.00 bits per heavy atom. The van der Waals surface area contributed by atoms with Gasteiger partial charge in [0.1, 0.15) is 4.64 Å². The van der Waals surface area contributed by atoms with Crippen LogP contribution in [-0.4, -0.2) is 9.97 Å². The number of nitrogens with one attached hydrogen (secondary N) is 1. The van der Waals surface area contributed by atoms with Crippen molar-refractivity contribution >= 4 is 12.2 Å². The molecule has 0 radical (unpaired) electrons. The molecule has 2 aromatic heterocycles. The standard InChI is InChI=1S/C8H6N2OS/c12-8-4-9-7(3-10-8)6-1-2-11-5-6/h1-5H,(H,10,12). The van der Waals surface area contributed by atoms with Gasteiger partial charge in [0.05, 0.1) is 24.4 Å². The molecule has 2 aromatic rings. The molecule has 3 nitrogen and oxygen atoms in total. The minimum atomic E-state index is 0.627. The molecular formula is C8H6N2OS. The quantitative estimate of drug-likeness (QED) is 0.682. The molecule has 0 aliphatic rings. The molecule has 0 spiro atoms. The highest BCUT2D eigenvalue weighted by Gasteiger charge is 1.97. The first kappa shape index (κ1) is 7.24. The van der Waals surface area contributed by atoms with Gasteiger partial charge >= 0.3 is 0 Å². The number of aromatic nitrogens is 2. The molecular weight excluding hydrogens is 172 g/mol. The molecule has 0 saturated heterocycles. The van der Waals surface area contributed by atoms with Crippen LogP contribution in [-0.2, 0) is 0 Å². The topological polar surface area (TPSA) is 41.8 Å². The van der Waals surface area contributed by atoms with Crippen LogP contribution in [0.3, 0.4) is 0 Å². The van der Waals surface area contributed by atoms with Crippen molar-refractivity contribution in [3.63, 3.8) is 0 Å². The van der Waals surface area contributed by atoms with Crippen LogP contribution in [0.25, 0.3) is 11.3 Å². The molecule has 4 heteroatoms. The molecule has 0 aliphatic heterocycles. The average molecular weight is 178 g/mol. The van der Waals surface area contributed by atoms with E-state index < -0.39 is 0 Å². The van der Waals surface area contributed by atoms with E-state index in [9.17, 15) is 0 Å². The summed E-state index contributed by atoms with van der Waals surface area (Å²) in [6, 6.07) is 1.85. The first-order valence-electron chi connectivity index (χ1n) is 3.43. The second-order valence-electron chi connectivity index (χ2n) is 2.31. The number of furan rings is 1. The molecule has 0 aromatic carbocycles. The van der Waals surface area contributed by atoms with Crippen LogP contribution in [0.1, 0.15) is 0 Å². The number of hydrogen-bond donors (Lipinski definition) is 1. The third-order valence-electron chi connectivity index (χ3n) is 1.49. The maximum absolute atomic E-state index is 4.92. The van der Waals surface area contributed by atoms with Gasteiger partial charge in [-0.2, -0.15) is 0 Å². The number of hydrogen-bond acceptors (Lipinski definition) is 3. The first-order chi connectivity index (χ1) is 5.86. The van der Waals surface area contributed by atoms with Gasteiger partial charge in [-0.15, -0.1) is 0 Å². The van der Waals surface area contributed by atoms with Crippen molar-refractivity contribution in [2.24, 2.45) is 0 Å². The van der Waals surface area contributed by atoms with Gasteiger partial charge in [0.25, 0.3) is 0 Å². The van der Waals surface area contributed by atoms with E-state index >= 15 is 0 Å². The zero-order valence-electron chi connectivity index (χ0n) is 6.15. The summed E-state index contributed by atoms with van der Waals surface area (Å²) in [6.45, 7) is 0. The predicted octanol–water partition coefficient (Wildman–Crippen LogP) is 2.40. The lowest BCUT2D eigenvalue weighted by molar-refractivity contribution is 0.568. The highest BCUT2D eigenvalue weighted by atomic mass is 32.1. The Labute approximate surface area is 74.1 Å². The number of aromatic amines is 1. The SMILES string of the molecule is S=c1cnc(-c2ccoc2)c[nH]1. The highest BCUT2D eigenvalue weighted by molar-refractivity contribution is 7.71. The lowest BCUT2D eigenvalue weighted by Gasteiger charge is -1.92. The summed E-state index contributed by atoms with van der Waals surface area (Å²) in [7, 11) is 0. The van der Waals surface area contributed by atoms with Gasteiger partial charge in [0, 0.05) is 11.8 Å². The number of nitrogens with zero attached hydrogens (tertiary/aromatic N) is 1. The van der Waals surface area contributed by atoms with Crippen LogP contribution < -0.4 is 0 Å². The van der Waals surface area contributed by atoms with Crippen LogP contribution in [0.15, 0.2) is 35.4 Å². The van der Waals surface area contributed by atoms with Gasteiger partial charge in [-0.3, -0.25) is 4.98 Å². The van der Waals surface area contributed by atoms with Crippen LogP contribution in [0, 0.1) is 4.64 Å². The Kier molecular flexibility index (Phi) is 1.75. The Bertz CT molecular complexity index is 398. The molecule has 0 amide bonds. The van der Waals surface area contributed by atoms with E-state index in [-0.39, 0.29) is 0 Å². The Balaban J connectivity index is 2.49. The summed E-state index contributed by atoms with van der Waals surface area (Å²) in [5, 5.41) is 0. The summed E-state index contributed by atoms with van der Waals surface area (Å²) < 4.78 is 5.55. The molecule has 2 heterocycles. The van der Waals surface area contributed by atoms with E-state index in [1.165, 1.54) is 0 Å². The molecule has 0 aliphatic carbocycles. The fraction of sp³-hybridized carbons (Fsp3) is 0. The lowest BCUT2D eigenvalue weighted by atomic mass is 10.2. The molecule has 60 valence electrons. The van der Waals surface area contributed by atoms with E-state index in [0.29, 0.717) is 4.64 Å². The average Bonchev–Trinajstić information content (AvgIpc) is 2.58. The number of rotatable bonds is 1. The maximum atomic E-state index is 4.92. The summed E-state index contributed by atoms with van der Waals surface area (Å²) in [4.78, 5) is 7.02. The summed E-state index contributed by atoms with van der Waals surface area (Å²) in [5.74, 6) is 0. The first-order valence-corrected chi connectivity index (χ1v) is 3.84. The van der Waals surface area contributed by atoms with E-state index in [4.69, 9.17) is 16.6 Å². The molecule has 0 unspecified atom stereocenters. The van der Waals surface area contributed by atoms with Gasteiger partial charge in [-0.1, -0.05) is 12.2 Å². The van der Waals surface area contributed by atoms with Crippen molar-refractivity contribution in [2.45, 2.75) is 0 Å². The van der Waals surface area contributed by atoms with Crippen molar-refractivity contribution in [1.29, 1.82) is 0 Å². The largest absolute Gasteiger partial charge is 0.472 e. The van der Waals surface area contributed by atoms with Crippen LogP contribution in [0.4, 0.5) is 0 Å². The third kappa shape index (κ3) is 1.29. The van der Waals surface area contributed by atoms with E-state index in [1.54, 1.807) is 24.9 Å². The van der Waals surface area contributed by atoms with Crippen molar-refractivity contribution in [3.8, 4) is 11.3 Å². The molecule has 12 heavy (non-hydrogen) atoms. The van der Waals surface area contributed by atoms with Gasteiger partial charge in [-0.25, -0.2) is 0 Å². The maximum Gasteiger partial charge on any atom is 0.121 e. The Morgan fingerprint density at radius 1 is 1.50 bits per heavy atom. The Morgan fingerprint density at radius 2 is 2.42 bits per heavy atom. The van der Waals surface area contributed by atoms with Crippen molar-refractivity contribution in [1.82, 2.24) is 9.97 Å². The highest BCUT2D eigenvalue weighted by Crippen LogP contribution is 2.14. The minimum Gasteiger partial charge on any atom is -0.472 e. The fourth-order valence-electron chi connectivity index (χ4n) is 0.910. The van der Waals surface area contributed by atoms with Crippen molar-refractivity contribution < 1.29 is 4.42 Å². The van der Waals surface area contributed by atoms with Crippen LogP contribution in [0.2, 0.25) is 0 Å². The summed E-state index contributed by atoms with van der Waals surface area (Å²) in [6.07, 6.45) is 6.61. The smallest absolute Gasteiger partial charge is 0.121 e. The molecule has 0 atom stereocenters. The van der Waals surface area contributed by atoms with Gasteiger partial charge in [0.2, 0.25) is 0 Å². The summed E-state index contributed by atoms with van der Waals surface area (Å²) in [5.41, 5.74) is 1.78. The van der Waals surface area contributed by atoms with E-state index in [2.05, 4.69) is 9.97 Å². The van der Waals surface area contributed by atoms with Crippen LogP contribution >= 0.6 is 12.2 Å². The zero-order chi connectivity index (χ0) is 8.39. The second kappa shape index (κ2) is 2.91. The van der Waals surface area contributed by atoms with Gasteiger partial charge < -0.3 is 9.40 Å². The molecule has 0 bridgehead atoms. The Hall–Kier alpha value is -1.42. The molecule has 2 rings (SSSR count). The molecule has 1 N–H and O–H groups in total. The predicted molar refractivity (Wildman–Crippen MR) is 47.1 cm³/mol. The third-order valence-corrected chi connectivity index (χ3v) is 1.71. The molecule has 0 fully saturated rings. The van der Waals surface area contributed by atoms with Crippen LogP contribution in [0.5, 0.6) is 0 Å². The molecule has 0 saturated carbocycles.